The van der Waals surface area contributed by atoms with Gasteiger partial charge in [0.1, 0.15) is 11.6 Å². The minimum Gasteiger partial charge on any atom is -0.493 e. The molecule has 3 atom stereocenters. The number of para-hydroxylation sites is 1. The number of halogens is 1. The number of amides is 1. The molecule has 0 aliphatic carbocycles. The lowest BCUT2D eigenvalue weighted by molar-refractivity contribution is -0.135. The topological polar surface area (TPSA) is 41.6 Å². The number of hydrogen-bond acceptors (Lipinski definition) is 3. The van der Waals surface area contributed by atoms with Crippen molar-refractivity contribution in [2.45, 2.75) is 50.6 Å². The van der Waals surface area contributed by atoms with Crippen molar-refractivity contribution in [1.29, 1.82) is 0 Å². The molecule has 5 heteroatoms. The molecule has 2 fully saturated rings. The third-order valence-electron chi connectivity index (χ3n) is 6.20. The van der Waals surface area contributed by atoms with Gasteiger partial charge in [0, 0.05) is 31.5 Å². The van der Waals surface area contributed by atoms with Gasteiger partial charge in [0.25, 0.3) is 0 Å². The molecule has 0 saturated carbocycles. The summed E-state index contributed by atoms with van der Waals surface area (Å²) >= 11 is 0. The maximum Gasteiger partial charge on any atom is 0.223 e. The van der Waals surface area contributed by atoms with E-state index in [0.717, 1.165) is 42.8 Å². The predicted molar refractivity (Wildman–Crippen MR) is 112 cm³/mol. The van der Waals surface area contributed by atoms with Gasteiger partial charge in [-0.25, -0.2) is 4.39 Å². The second-order valence-corrected chi connectivity index (χ2v) is 8.11. The zero-order valence-corrected chi connectivity index (χ0v) is 16.9. The van der Waals surface area contributed by atoms with Crippen LogP contribution >= 0.6 is 0 Å². The summed E-state index contributed by atoms with van der Waals surface area (Å²) < 4.78 is 19.2. The average Bonchev–Trinajstić information content (AvgIpc) is 3.17. The van der Waals surface area contributed by atoms with Crippen molar-refractivity contribution in [3.63, 3.8) is 0 Å². The van der Waals surface area contributed by atoms with Crippen LogP contribution in [0.2, 0.25) is 0 Å². The fraction of sp³-hybridized carbons (Fsp3) is 0.458. The lowest BCUT2D eigenvalue weighted by atomic mass is 9.86. The van der Waals surface area contributed by atoms with Crippen LogP contribution in [0.15, 0.2) is 48.5 Å². The van der Waals surface area contributed by atoms with E-state index in [1.807, 2.05) is 43.3 Å². The highest BCUT2D eigenvalue weighted by molar-refractivity contribution is 5.77. The minimum absolute atomic E-state index is 0.152. The van der Waals surface area contributed by atoms with Gasteiger partial charge < -0.3 is 15.0 Å². The first kappa shape index (κ1) is 19.9. The van der Waals surface area contributed by atoms with Crippen molar-refractivity contribution in [1.82, 2.24) is 10.2 Å². The Balaban J connectivity index is 1.36. The molecule has 0 aromatic heterocycles. The van der Waals surface area contributed by atoms with Crippen molar-refractivity contribution >= 4 is 5.91 Å². The lowest BCUT2D eigenvalue weighted by Crippen LogP contribution is -2.52. The van der Waals surface area contributed by atoms with Gasteiger partial charge in [-0.15, -0.1) is 0 Å². The van der Waals surface area contributed by atoms with E-state index >= 15 is 0 Å². The van der Waals surface area contributed by atoms with Crippen LogP contribution in [0.1, 0.15) is 42.7 Å². The van der Waals surface area contributed by atoms with Crippen molar-refractivity contribution < 1.29 is 13.9 Å². The number of carbonyl (C=O) groups is 1. The molecule has 29 heavy (non-hydrogen) atoms. The number of piperidine rings is 1. The first-order chi connectivity index (χ1) is 14.1. The highest BCUT2D eigenvalue weighted by Gasteiger charge is 2.43. The van der Waals surface area contributed by atoms with E-state index in [1.165, 1.54) is 12.1 Å². The zero-order valence-electron chi connectivity index (χ0n) is 16.9. The van der Waals surface area contributed by atoms with Gasteiger partial charge in [0.2, 0.25) is 5.91 Å². The highest BCUT2D eigenvalue weighted by atomic mass is 19.1. The van der Waals surface area contributed by atoms with E-state index in [9.17, 15) is 9.18 Å². The van der Waals surface area contributed by atoms with Crippen LogP contribution in [0.4, 0.5) is 4.39 Å². The van der Waals surface area contributed by atoms with Crippen molar-refractivity contribution in [3.05, 3.63) is 65.5 Å². The second kappa shape index (κ2) is 8.95. The maximum absolute atomic E-state index is 13.3. The van der Waals surface area contributed by atoms with Crippen molar-refractivity contribution in [2.75, 3.05) is 19.7 Å². The van der Waals surface area contributed by atoms with Gasteiger partial charge in [-0.3, -0.25) is 4.79 Å². The normalized spacial score (nSPS) is 23.7. The number of nitrogens with zero attached hydrogens (tertiary/aromatic N) is 1. The van der Waals surface area contributed by atoms with Crippen LogP contribution in [0.5, 0.6) is 5.75 Å². The Morgan fingerprint density at radius 3 is 2.79 bits per heavy atom. The van der Waals surface area contributed by atoms with Crippen LogP contribution in [0.3, 0.4) is 0 Å². The molecule has 154 valence electrons. The monoisotopic (exact) mass is 396 g/mol. The number of likely N-dealkylation sites (tertiary alicyclic amines) is 1. The third kappa shape index (κ3) is 4.45. The Hall–Kier alpha value is -2.40. The molecule has 1 amide bonds. The molecular formula is C24H29FN2O2. The highest BCUT2D eigenvalue weighted by Crippen LogP contribution is 2.35. The molecule has 2 aromatic rings. The maximum atomic E-state index is 13.3. The molecule has 2 aliphatic heterocycles. The van der Waals surface area contributed by atoms with Gasteiger partial charge in [0.05, 0.1) is 12.6 Å². The van der Waals surface area contributed by atoms with Gasteiger partial charge >= 0.3 is 0 Å². The van der Waals surface area contributed by atoms with Crippen molar-refractivity contribution in [2.24, 2.45) is 0 Å². The Morgan fingerprint density at radius 2 is 2.00 bits per heavy atom. The van der Waals surface area contributed by atoms with Crippen molar-refractivity contribution in [3.8, 4) is 5.75 Å². The second-order valence-electron chi connectivity index (χ2n) is 8.11. The number of rotatable bonds is 6. The molecule has 4 rings (SSSR count). The first-order valence-corrected chi connectivity index (χ1v) is 10.6. The Bertz CT molecular complexity index is 839. The molecule has 2 aliphatic rings. The zero-order chi connectivity index (χ0) is 20.2. The molecule has 1 N–H and O–H groups in total. The number of carbonyl (C=O) groups excluding carboxylic acids is 1. The summed E-state index contributed by atoms with van der Waals surface area (Å²) in [5.41, 5.74) is 2.21. The Labute approximate surface area is 172 Å². The molecule has 2 aromatic carbocycles. The number of ether oxygens (including phenoxy) is 1. The van der Waals surface area contributed by atoms with E-state index in [4.69, 9.17) is 4.74 Å². The largest absolute Gasteiger partial charge is 0.493 e. The first-order valence-electron chi connectivity index (χ1n) is 10.6. The molecule has 0 bridgehead atoms. The molecule has 0 spiro atoms. The van der Waals surface area contributed by atoms with E-state index < -0.39 is 0 Å². The summed E-state index contributed by atoms with van der Waals surface area (Å²) in [7, 11) is 0. The molecule has 2 saturated heterocycles. The minimum atomic E-state index is -0.221. The molecular weight excluding hydrogens is 367 g/mol. The summed E-state index contributed by atoms with van der Waals surface area (Å²) in [6, 6.07) is 15.2. The smallest absolute Gasteiger partial charge is 0.223 e. The van der Waals surface area contributed by atoms with Crippen LogP contribution in [0.25, 0.3) is 0 Å². The molecule has 0 unspecified atom stereocenters. The third-order valence-corrected chi connectivity index (χ3v) is 6.20. The van der Waals surface area contributed by atoms with Gasteiger partial charge in [-0.1, -0.05) is 30.3 Å². The molecule has 0 radical (unpaired) electrons. The molecule has 4 nitrogen and oxygen atoms in total. The standard InChI is InChI=1S/C24H29FN2O2/c1-17-6-2-3-8-22(17)29-15-5-9-23(28)27-14-4-7-21-24(27)20(16-26-21)18-10-12-19(25)13-11-18/h2-3,6,8,10-13,20-21,24,26H,4-5,7,9,14-16H2,1H3/t20-,21-,24-/m1/s1. The quantitative estimate of drug-likeness (QED) is 0.750. The van der Waals surface area contributed by atoms with Crippen LogP contribution in [-0.4, -0.2) is 42.6 Å². The number of fused-ring (bicyclic) bond motifs is 1. The van der Waals surface area contributed by atoms with E-state index in [2.05, 4.69) is 10.2 Å². The van der Waals surface area contributed by atoms with Gasteiger partial charge in [0.15, 0.2) is 0 Å². The van der Waals surface area contributed by atoms with E-state index in [1.54, 1.807) is 0 Å². The summed E-state index contributed by atoms with van der Waals surface area (Å²) in [5.74, 6) is 1.08. The van der Waals surface area contributed by atoms with Crippen LogP contribution in [-0.2, 0) is 4.79 Å². The fourth-order valence-corrected chi connectivity index (χ4v) is 4.72. The Morgan fingerprint density at radius 1 is 1.21 bits per heavy atom. The molecule has 2 heterocycles. The fourth-order valence-electron chi connectivity index (χ4n) is 4.72. The average molecular weight is 397 g/mol. The van der Waals surface area contributed by atoms with Gasteiger partial charge in [-0.2, -0.15) is 0 Å². The lowest BCUT2D eigenvalue weighted by Gasteiger charge is -2.40. The SMILES string of the molecule is Cc1ccccc1OCCCC(=O)N1CCC[C@H]2NC[C@H](c3ccc(F)cc3)[C@H]21. The van der Waals surface area contributed by atoms with Crippen LogP contribution < -0.4 is 10.1 Å². The number of benzene rings is 2. The van der Waals surface area contributed by atoms with E-state index in [-0.39, 0.29) is 23.7 Å². The van der Waals surface area contributed by atoms with Crippen LogP contribution in [0, 0.1) is 12.7 Å². The summed E-state index contributed by atoms with van der Waals surface area (Å²) in [6.45, 7) is 4.20. The summed E-state index contributed by atoms with van der Waals surface area (Å²) in [5, 5.41) is 3.59. The number of hydrogen-bond donors (Lipinski definition) is 1. The number of aryl methyl sites for hydroxylation is 1. The van der Waals surface area contributed by atoms with Gasteiger partial charge in [-0.05, 0) is 55.5 Å². The summed E-state index contributed by atoms with van der Waals surface area (Å²) in [6.07, 6.45) is 3.30. The van der Waals surface area contributed by atoms with E-state index in [0.29, 0.717) is 25.5 Å². The number of nitrogens with one attached hydrogen (secondary N) is 1. The predicted octanol–water partition coefficient (Wildman–Crippen LogP) is 4.04. The summed E-state index contributed by atoms with van der Waals surface area (Å²) in [4.78, 5) is 15.1. The Kier molecular flexibility index (Phi) is 6.14.